The maximum absolute atomic E-state index is 12.4. The highest BCUT2D eigenvalue weighted by Crippen LogP contribution is 2.29. The number of hydrogen-bond acceptors (Lipinski definition) is 5. The van der Waals surface area contributed by atoms with Crippen LogP contribution >= 0.6 is 0 Å². The molecule has 0 aliphatic heterocycles. The normalized spacial score (nSPS) is 11.6. The Morgan fingerprint density at radius 3 is 2.54 bits per heavy atom. The number of rotatable bonds is 6. The van der Waals surface area contributed by atoms with Crippen LogP contribution in [0.25, 0.3) is 10.8 Å². The van der Waals surface area contributed by atoms with E-state index < -0.39 is 18.0 Å². The first kappa shape index (κ1) is 19.2. The van der Waals surface area contributed by atoms with Crippen LogP contribution in [0.1, 0.15) is 22.8 Å². The Morgan fingerprint density at radius 1 is 1.04 bits per heavy atom. The lowest BCUT2D eigenvalue weighted by molar-refractivity contribution is -0.129. The van der Waals surface area contributed by atoms with Crippen LogP contribution in [0, 0.1) is 0 Å². The molecule has 3 aromatic carbocycles. The summed E-state index contributed by atoms with van der Waals surface area (Å²) in [6.07, 6.45) is -1.02. The van der Waals surface area contributed by atoms with Crippen molar-refractivity contribution in [3.05, 3.63) is 71.8 Å². The fraction of sp³-hybridized carbons (Fsp3) is 0.182. The Balaban J connectivity index is 1.65. The molecular formula is C22H21NO5. The number of para-hydroxylation sites is 1. The molecule has 6 nitrogen and oxygen atoms in total. The maximum atomic E-state index is 12.4. The number of amides is 1. The number of nitrogens with one attached hydrogen (secondary N) is 1. The molecule has 0 saturated carbocycles. The summed E-state index contributed by atoms with van der Waals surface area (Å²) in [6, 6.07) is 17.7. The van der Waals surface area contributed by atoms with Gasteiger partial charge in [0.2, 0.25) is 0 Å². The molecule has 1 atom stereocenters. The fourth-order valence-corrected chi connectivity index (χ4v) is 2.87. The molecule has 0 aromatic heterocycles. The van der Waals surface area contributed by atoms with E-state index in [1.165, 1.54) is 13.0 Å². The Bertz CT molecular complexity index is 1010. The van der Waals surface area contributed by atoms with Gasteiger partial charge in [0.1, 0.15) is 17.1 Å². The molecule has 0 bridgehead atoms. The van der Waals surface area contributed by atoms with Crippen molar-refractivity contribution in [1.29, 1.82) is 0 Å². The molecular weight excluding hydrogens is 358 g/mol. The first-order chi connectivity index (χ1) is 13.5. The summed E-state index contributed by atoms with van der Waals surface area (Å²) in [4.78, 5) is 24.7. The van der Waals surface area contributed by atoms with Gasteiger partial charge in [-0.3, -0.25) is 4.79 Å². The number of fused-ring (bicyclic) bond motifs is 1. The average Bonchev–Trinajstić information content (AvgIpc) is 2.72. The van der Waals surface area contributed by atoms with Gasteiger partial charge in [0, 0.05) is 17.5 Å². The van der Waals surface area contributed by atoms with Gasteiger partial charge in [0.25, 0.3) is 5.91 Å². The Kier molecular flexibility index (Phi) is 5.79. The zero-order valence-electron chi connectivity index (χ0n) is 15.6. The van der Waals surface area contributed by atoms with Crippen molar-refractivity contribution >= 4 is 22.6 Å². The molecule has 0 fully saturated rings. The molecule has 0 aliphatic carbocycles. The van der Waals surface area contributed by atoms with Crippen LogP contribution in [0.2, 0.25) is 0 Å². The van der Waals surface area contributed by atoms with Crippen LogP contribution in [-0.2, 0) is 16.1 Å². The molecule has 6 heteroatoms. The van der Waals surface area contributed by atoms with Crippen LogP contribution in [-0.4, -0.2) is 30.2 Å². The second kappa shape index (κ2) is 8.43. The lowest BCUT2D eigenvalue weighted by atomic mass is 10.1. The van der Waals surface area contributed by atoms with Gasteiger partial charge in [-0.25, -0.2) is 4.79 Å². The summed E-state index contributed by atoms with van der Waals surface area (Å²) in [5.41, 5.74) is 0.826. The lowest BCUT2D eigenvalue weighted by Crippen LogP contribution is -2.35. The van der Waals surface area contributed by atoms with Crippen molar-refractivity contribution in [3.8, 4) is 11.5 Å². The number of carbonyl (C=O) groups excluding carboxylic acids is 2. The van der Waals surface area contributed by atoms with E-state index in [1.807, 2.05) is 30.3 Å². The van der Waals surface area contributed by atoms with Crippen molar-refractivity contribution in [2.75, 3.05) is 7.11 Å². The van der Waals surface area contributed by atoms with Gasteiger partial charge >= 0.3 is 5.97 Å². The minimum Gasteiger partial charge on any atom is -0.506 e. The summed E-state index contributed by atoms with van der Waals surface area (Å²) in [5, 5.41) is 14.4. The number of aromatic hydroxyl groups is 1. The van der Waals surface area contributed by atoms with Gasteiger partial charge in [-0.2, -0.15) is 0 Å². The molecule has 144 valence electrons. The molecule has 3 rings (SSSR count). The molecule has 0 saturated heterocycles. The molecule has 0 spiro atoms. The summed E-state index contributed by atoms with van der Waals surface area (Å²) in [6.45, 7) is 1.72. The zero-order chi connectivity index (χ0) is 20.1. The fourth-order valence-electron chi connectivity index (χ4n) is 2.87. The van der Waals surface area contributed by atoms with E-state index in [0.717, 1.165) is 10.9 Å². The van der Waals surface area contributed by atoms with E-state index in [-0.39, 0.29) is 17.9 Å². The molecule has 2 N–H and O–H groups in total. The topological polar surface area (TPSA) is 84.9 Å². The number of ether oxygens (including phenoxy) is 2. The quantitative estimate of drug-likeness (QED) is 0.641. The Labute approximate surface area is 162 Å². The SMILES string of the molecule is COc1ccccc1CNC(=O)C(C)OC(=O)c1ccc2ccccc2c1O. The van der Waals surface area contributed by atoms with E-state index in [2.05, 4.69) is 5.32 Å². The molecule has 0 heterocycles. The average molecular weight is 379 g/mol. The molecule has 0 radical (unpaired) electrons. The third-order valence-electron chi connectivity index (χ3n) is 4.42. The highest BCUT2D eigenvalue weighted by atomic mass is 16.5. The number of esters is 1. The summed E-state index contributed by atoms with van der Waals surface area (Å²) in [7, 11) is 1.56. The summed E-state index contributed by atoms with van der Waals surface area (Å²) in [5.74, 6) is -0.707. The second-order valence-corrected chi connectivity index (χ2v) is 6.26. The molecule has 3 aromatic rings. The smallest absolute Gasteiger partial charge is 0.342 e. The number of phenolic OH excluding ortho intramolecular Hbond substituents is 1. The van der Waals surface area contributed by atoms with Gasteiger partial charge < -0.3 is 19.9 Å². The number of methoxy groups -OCH3 is 1. The standard InChI is InChI=1S/C22H21NO5/c1-14(21(25)23-13-16-8-4-6-10-19(16)27-2)28-22(26)18-12-11-15-7-3-5-9-17(15)20(18)24/h3-12,14,24H,13H2,1-2H3,(H,23,25). The molecule has 1 unspecified atom stereocenters. The minimum atomic E-state index is -1.02. The molecule has 1 amide bonds. The third-order valence-corrected chi connectivity index (χ3v) is 4.42. The van der Waals surface area contributed by atoms with Gasteiger partial charge in [0.05, 0.1) is 7.11 Å². The number of carbonyl (C=O) groups is 2. The molecule has 28 heavy (non-hydrogen) atoms. The molecule has 0 aliphatic rings. The highest BCUT2D eigenvalue weighted by molar-refractivity contribution is 6.01. The Hall–Kier alpha value is -3.54. The van der Waals surface area contributed by atoms with Crippen molar-refractivity contribution in [2.45, 2.75) is 19.6 Å². The number of hydrogen-bond donors (Lipinski definition) is 2. The van der Waals surface area contributed by atoms with Crippen molar-refractivity contribution in [3.63, 3.8) is 0 Å². The van der Waals surface area contributed by atoms with E-state index in [1.54, 1.807) is 31.4 Å². The van der Waals surface area contributed by atoms with Gasteiger partial charge in [-0.15, -0.1) is 0 Å². The van der Waals surface area contributed by atoms with Gasteiger partial charge in [0.15, 0.2) is 6.10 Å². The largest absolute Gasteiger partial charge is 0.506 e. The van der Waals surface area contributed by atoms with E-state index in [4.69, 9.17) is 9.47 Å². The maximum Gasteiger partial charge on any atom is 0.342 e. The number of benzene rings is 3. The highest BCUT2D eigenvalue weighted by Gasteiger charge is 2.22. The van der Waals surface area contributed by atoms with Crippen LogP contribution in [0.4, 0.5) is 0 Å². The van der Waals surface area contributed by atoms with Crippen LogP contribution < -0.4 is 10.1 Å². The Morgan fingerprint density at radius 2 is 1.75 bits per heavy atom. The minimum absolute atomic E-state index is 0.0167. The van der Waals surface area contributed by atoms with Crippen molar-refractivity contribution in [1.82, 2.24) is 5.32 Å². The predicted octanol–water partition coefficient (Wildman–Crippen LogP) is 3.42. The van der Waals surface area contributed by atoms with Gasteiger partial charge in [-0.1, -0.05) is 48.5 Å². The van der Waals surface area contributed by atoms with Crippen LogP contribution in [0.5, 0.6) is 11.5 Å². The summed E-state index contributed by atoms with van der Waals surface area (Å²) < 4.78 is 10.5. The monoisotopic (exact) mass is 379 g/mol. The van der Waals surface area contributed by atoms with E-state index in [9.17, 15) is 14.7 Å². The van der Waals surface area contributed by atoms with Crippen molar-refractivity contribution in [2.24, 2.45) is 0 Å². The predicted molar refractivity (Wildman–Crippen MR) is 105 cm³/mol. The first-order valence-electron chi connectivity index (χ1n) is 8.82. The lowest BCUT2D eigenvalue weighted by Gasteiger charge is -2.15. The van der Waals surface area contributed by atoms with Crippen LogP contribution in [0.15, 0.2) is 60.7 Å². The number of phenols is 1. The zero-order valence-corrected chi connectivity index (χ0v) is 15.6. The van der Waals surface area contributed by atoms with Gasteiger partial charge in [-0.05, 0) is 24.4 Å². The van der Waals surface area contributed by atoms with Crippen molar-refractivity contribution < 1.29 is 24.2 Å². The van der Waals surface area contributed by atoms with E-state index in [0.29, 0.717) is 11.1 Å². The summed E-state index contributed by atoms with van der Waals surface area (Å²) >= 11 is 0. The third kappa shape index (κ3) is 4.06. The van der Waals surface area contributed by atoms with E-state index >= 15 is 0 Å². The first-order valence-corrected chi connectivity index (χ1v) is 8.82. The second-order valence-electron chi connectivity index (χ2n) is 6.26. The van der Waals surface area contributed by atoms with Crippen LogP contribution in [0.3, 0.4) is 0 Å².